The molecule has 0 bridgehead atoms. The fraction of sp³-hybridized carbons (Fsp3) is 0.591. The van der Waals surface area contributed by atoms with E-state index in [9.17, 15) is 4.79 Å². The van der Waals surface area contributed by atoms with E-state index in [4.69, 9.17) is 11.6 Å². The summed E-state index contributed by atoms with van der Waals surface area (Å²) in [7, 11) is 1.90. The van der Waals surface area contributed by atoms with E-state index in [0.717, 1.165) is 74.6 Å². The molecule has 0 saturated carbocycles. The normalized spacial score (nSPS) is 21.9. The van der Waals surface area contributed by atoms with E-state index in [1.807, 2.05) is 27.9 Å². The molecule has 28 heavy (non-hydrogen) atoms. The number of hydrogen-bond donors (Lipinski definition) is 1. The van der Waals surface area contributed by atoms with Gasteiger partial charge >= 0.3 is 5.69 Å². The summed E-state index contributed by atoms with van der Waals surface area (Å²) in [5, 5.41) is 4.47. The highest BCUT2D eigenvalue weighted by molar-refractivity contribution is 8.03. The van der Waals surface area contributed by atoms with Gasteiger partial charge in [0.05, 0.1) is 10.7 Å². The molecule has 1 N–H and O–H groups in total. The first-order valence-electron chi connectivity index (χ1n) is 10.5. The molecule has 1 aromatic rings. The molecule has 2 heterocycles. The van der Waals surface area contributed by atoms with Crippen LogP contribution in [-0.2, 0) is 20.0 Å². The third-order valence-electron chi connectivity index (χ3n) is 6.18. The average Bonchev–Trinajstić information content (AvgIpc) is 2.87. The van der Waals surface area contributed by atoms with E-state index >= 15 is 0 Å². The second-order valence-electron chi connectivity index (χ2n) is 7.95. The molecule has 1 saturated heterocycles. The molecule has 6 heteroatoms. The van der Waals surface area contributed by atoms with E-state index in [1.165, 1.54) is 17.0 Å². The van der Waals surface area contributed by atoms with Gasteiger partial charge in [-0.2, -0.15) is 0 Å². The molecule has 152 valence electrons. The van der Waals surface area contributed by atoms with E-state index < -0.39 is 0 Å². The second kappa shape index (κ2) is 9.10. The summed E-state index contributed by atoms with van der Waals surface area (Å²) < 4.78 is 3.78. The highest BCUT2D eigenvalue weighted by atomic mass is 35.5. The third-order valence-corrected chi connectivity index (χ3v) is 7.90. The lowest BCUT2D eigenvalue weighted by atomic mass is 9.87. The maximum Gasteiger partial charge on any atom is 0.328 e. The quantitative estimate of drug-likeness (QED) is 0.693. The molecule has 0 amide bonds. The van der Waals surface area contributed by atoms with Crippen LogP contribution < -0.4 is 11.0 Å². The van der Waals surface area contributed by atoms with Crippen LogP contribution in [0, 0.1) is 5.92 Å². The average molecular weight is 420 g/mol. The van der Waals surface area contributed by atoms with Gasteiger partial charge in [-0.3, -0.25) is 9.13 Å². The Morgan fingerprint density at radius 1 is 1.29 bits per heavy atom. The van der Waals surface area contributed by atoms with Crippen molar-refractivity contribution in [3.05, 3.63) is 49.5 Å². The summed E-state index contributed by atoms with van der Waals surface area (Å²) in [6.45, 7) is 2.98. The smallest absolute Gasteiger partial charge is 0.316 e. The van der Waals surface area contributed by atoms with Crippen molar-refractivity contribution in [1.82, 2.24) is 14.5 Å². The predicted octanol–water partition coefficient (Wildman–Crippen LogP) is 4.44. The Morgan fingerprint density at radius 3 is 3.07 bits per heavy atom. The molecule has 1 atom stereocenters. The van der Waals surface area contributed by atoms with Gasteiger partial charge in [-0.25, -0.2) is 4.79 Å². The van der Waals surface area contributed by atoms with Crippen LogP contribution in [-0.4, -0.2) is 28.0 Å². The Labute approximate surface area is 176 Å². The molecule has 0 radical (unpaired) electrons. The Balaban J connectivity index is 1.35. The molecule has 3 aliphatic rings. The minimum Gasteiger partial charge on any atom is -0.316 e. The van der Waals surface area contributed by atoms with Crippen LogP contribution in [0.15, 0.2) is 32.5 Å². The first kappa shape index (κ1) is 20.1. The number of nitrogens with one attached hydrogen (secondary N) is 1. The molecular weight excluding hydrogens is 390 g/mol. The SMILES string of the molecule is Cn1c2c(n(CCCCSC3=C4CCNCCC4CC=C3Cl)c1=O)C=CCC2. The Bertz CT molecular complexity index is 877. The van der Waals surface area contributed by atoms with Gasteiger partial charge in [0, 0.05) is 24.2 Å². The second-order valence-corrected chi connectivity index (χ2v) is 9.46. The number of aromatic nitrogens is 2. The number of allylic oxidation sites excluding steroid dienone is 3. The molecule has 1 aromatic heterocycles. The van der Waals surface area contributed by atoms with Gasteiger partial charge in [-0.1, -0.05) is 29.3 Å². The Hall–Kier alpha value is -1.17. The lowest BCUT2D eigenvalue weighted by Crippen LogP contribution is -2.23. The number of unbranched alkanes of at least 4 members (excludes halogenated alkanes) is 1. The van der Waals surface area contributed by atoms with Crippen molar-refractivity contribution in [1.29, 1.82) is 0 Å². The number of nitrogens with zero attached hydrogens (tertiary/aromatic N) is 2. The largest absolute Gasteiger partial charge is 0.328 e. The fourth-order valence-electron chi connectivity index (χ4n) is 4.60. The standard InChI is InChI=1S/C22H30ClN3OS/c1-25-19-6-2-3-7-20(19)26(22(25)27)14-4-5-15-28-21-17-11-13-24-12-10-16(17)8-9-18(21)23/h3,7,9,16,24H,2,4-6,8,10-15H2,1H3. The van der Waals surface area contributed by atoms with Gasteiger partial charge in [0.15, 0.2) is 0 Å². The van der Waals surface area contributed by atoms with Crippen LogP contribution >= 0.6 is 23.4 Å². The maximum absolute atomic E-state index is 12.5. The molecule has 2 aliphatic carbocycles. The van der Waals surface area contributed by atoms with Crippen LogP contribution in [0.1, 0.15) is 49.9 Å². The van der Waals surface area contributed by atoms with E-state index in [2.05, 4.69) is 23.5 Å². The highest BCUT2D eigenvalue weighted by Gasteiger charge is 2.25. The fourth-order valence-corrected chi connectivity index (χ4v) is 6.20. The van der Waals surface area contributed by atoms with Crippen molar-refractivity contribution >= 4 is 29.4 Å². The summed E-state index contributed by atoms with van der Waals surface area (Å²) in [6.07, 6.45) is 14.1. The van der Waals surface area contributed by atoms with Crippen LogP contribution in [0.4, 0.5) is 0 Å². The molecule has 1 fully saturated rings. The first-order valence-corrected chi connectivity index (χ1v) is 11.9. The molecule has 1 unspecified atom stereocenters. The zero-order valence-corrected chi connectivity index (χ0v) is 18.2. The van der Waals surface area contributed by atoms with Crippen LogP contribution in [0.3, 0.4) is 0 Å². The third kappa shape index (κ3) is 4.07. The van der Waals surface area contributed by atoms with E-state index in [-0.39, 0.29) is 5.69 Å². The van der Waals surface area contributed by atoms with Crippen molar-refractivity contribution < 1.29 is 0 Å². The van der Waals surface area contributed by atoms with Crippen molar-refractivity contribution in [3.8, 4) is 0 Å². The van der Waals surface area contributed by atoms with Crippen LogP contribution in [0.5, 0.6) is 0 Å². The molecule has 0 aromatic carbocycles. The molecule has 4 rings (SSSR count). The predicted molar refractivity (Wildman–Crippen MR) is 120 cm³/mol. The van der Waals surface area contributed by atoms with Gasteiger partial charge in [0.1, 0.15) is 0 Å². The summed E-state index contributed by atoms with van der Waals surface area (Å²) in [5.74, 6) is 1.73. The van der Waals surface area contributed by atoms with Crippen LogP contribution in [0.2, 0.25) is 0 Å². The summed E-state index contributed by atoms with van der Waals surface area (Å²) in [5.41, 5.74) is 3.99. The molecule has 1 aliphatic heterocycles. The summed E-state index contributed by atoms with van der Waals surface area (Å²) in [6, 6.07) is 0. The Morgan fingerprint density at radius 2 is 2.18 bits per heavy atom. The monoisotopic (exact) mass is 419 g/mol. The minimum atomic E-state index is 0.126. The van der Waals surface area contributed by atoms with E-state index in [0.29, 0.717) is 5.92 Å². The highest BCUT2D eigenvalue weighted by Crippen LogP contribution is 2.42. The summed E-state index contributed by atoms with van der Waals surface area (Å²) >= 11 is 8.49. The van der Waals surface area contributed by atoms with Gasteiger partial charge in [-0.15, -0.1) is 11.8 Å². The van der Waals surface area contributed by atoms with Gasteiger partial charge in [0.2, 0.25) is 0 Å². The van der Waals surface area contributed by atoms with Crippen LogP contribution in [0.25, 0.3) is 6.08 Å². The number of thioether (sulfide) groups is 1. The number of fused-ring (bicyclic) bond motifs is 2. The number of imidazole rings is 1. The zero-order valence-electron chi connectivity index (χ0n) is 16.7. The van der Waals surface area contributed by atoms with Gasteiger partial charge < -0.3 is 5.32 Å². The maximum atomic E-state index is 12.5. The topological polar surface area (TPSA) is 39.0 Å². The van der Waals surface area contributed by atoms with Crippen molar-refractivity contribution in [3.63, 3.8) is 0 Å². The lowest BCUT2D eigenvalue weighted by molar-refractivity contribution is 0.562. The lowest BCUT2D eigenvalue weighted by Gasteiger charge is -2.25. The van der Waals surface area contributed by atoms with E-state index in [1.54, 1.807) is 5.57 Å². The molecule has 0 spiro atoms. The number of rotatable bonds is 6. The zero-order chi connectivity index (χ0) is 19.5. The summed E-state index contributed by atoms with van der Waals surface area (Å²) in [4.78, 5) is 13.9. The molecular formula is C22H30ClN3OS. The minimum absolute atomic E-state index is 0.126. The van der Waals surface area contributed by atoms with Crippen molar-refractivity contribution in [2.24, 2.45) is 13.0 Å². The molecule has 4 nitrogen and oxygen atoms in total. The van der Waals surface area contributed by atoms with Gasteiger partial charge in [-0.05, 0) is 75.8 Å². The van der Waals surface area contributed by atoms with Gasteiger partial charge in [0.25, 0.3) is 0 Å². The number of hydrogen-bond acceptors (Lipinski definition) is 3. The van der Waals surface area contributed by atoms with Crippen molar-refractivity contribution in [2.45, 2.75) is 51.5 Å². The first-order chi connectivity index (χ1) is 13.7. The number of halogens is 1. The Kier molecular flexibility index (Phi) is 6.54. The van der Waals surface area contributed by atoms with Crippen molar-refractivity contribution in [2.75, 3.05) is 18.8 Å².